The predicted octanol–water partition coefficient (Wildman–Crippen LogP) is 0.246. The molecule has 0 heterocycles. The molecule has 6 nitrogen and oxygen atoms in total. The summed E-state index contributed by atoms with van der Waals surface area (Å²) in [5, 5.41) is 18.0. The van der Waals surface area contributed by atoms with Crippen LogP contribution < -0.4 is 4.72 Å². The monoisotopic (exact) mass is 291 g/mol. The highest BCUT2D eigenvalue weighted by atomic mass is 32.2. The molecule has 0 saturated carbocycles. The van der Waals surface area contributed by atoms with Crippen molar-refractivity contribution >= 4 is 16.0 Å². The molecule has 0 aromatic heterocycles. The number of nitrogens with one attached hydrogen (secondary N) is 1. The SMILES string of the molecule is Cc1ccc(F)c(S(=O)(=O)NC(C(=O)O)C(C)O)c1. The number of carboxylic acid groups (broad SMARTS) is 1. The lowest BCUT2D eigenvalue weighted by atomic mass is 10.2. The van der Waals surface area contributed by atoms with Gasteiger partial charge < -0.3 is 10.2 Å². The Labute approximate surface area is 109 Å². The van der Waals surface area contributed by atoms with Crippen LogP contribution in [0.4, 0.5) is 4.39 Å². The lowest BCUT2D eigenvalue weighted by molar-refractivity contribution is -0.141. The van der Waals surface area contributed by atoms with Gasteiger partial charge in [-0.05, 0) is 31.5 Å². The van der Waals surface area contributed by atoms with E-state index in [1.807, 2.05) is 0 Å². The Morgan fingerprint density at radius 3 is 2.47 bits per heavy atom. The molecule has 0 radical (unpaired) electrons. The number of hydrogen-bond donors (Lipinski definition) is 3. The fourth-order valence-corrected chi connectivity index (χ4v) is 2.83. The average molecular weight is 291 g/mol. The van der Waals surface area contributed by atoms with Crippen molar-refractivity contribution in [3.05, 3.63) is 29.6 Å². The molecule has 2 unspecified atom stereocenters. The molecule has 106 valence electrons. The Balaban J connectivity index is 3.17. The Morgan fingerprint density at radius 1 is 1.42 bits per heavy atom. The number of aryl methyl sites for hydroxylation is 1. The van der Waals surface area contributed by atoms with Gasteiger partial charge in [-0.15, -0.1) is 0 Å². The predicted molar refractivity (Wildman–Crippen MR) is 64.6 cm³/mol. The first-order chi connectivity index (χ1) is 8.65. The van der Waals surface area contributed by atoms with Crippen LogP contribution in [0, 0.1) is 12.7 Å². The molecule has 8 heteroatoms. The molecule has 0 amide bonds. The quantitative estimate of drug-likeness (QED) is 0.721. The Bertz CT molecular complexity index is 585. The van der Waals surface area contributed by atoms with Crippen LogP contribution in [0.1, 0.15) is 12.5 Å². The van der Waals surface area contributed by atoms with Gasteiger partial charge in [-0.3, -0.25) is 4.79 Å². The maximum atomic E-state index is 13.5. The van der Waals surface area contributed by atoms with Crippen LogP contribution in [0.3, 0.4) is 0 Å². The molecule has 0 aliphatic heterocycles. The van der Waals surface area contributed by atoms with Crippen LogP contribution in [0.15, 0.2) is 23.1 Å². The van der Waals surface area contributed by atoms with Gasteiger partial charge in [0.1, 0.15) is 16.8 Å². The number of aliphatic hydroxyl groups excluding tert-OH is 1. The van der Waals surface area contributed by atoms with Gasteiger partial charge in [0, 0.05) is 0 Å². The molecule has 0 fully saturated rings. The lowest BCUT2D eigenvalue weighted by Gasteiger charge is -2.17. The van der Waals surface area contributed by atoms with Gasteiger partial charge in [0.2, 0.25) is 10.0 Å². The van der Waals surface area contributed by atoms with Crippen LogP contribution >= 0.6 is 0 Å². The Morgan fingerprint density at radius 2 is 2.00 bits per heavy atom. The Kier molecular flexibility index (Phi) is 4.61. The molecular weight excluding hydrogens is 277 g/mol. The minimum Gasteiger partial charge on any atom is -0.480 e. The number of hydrogen-bond acceptors (Lipinski definition) is 4. The zero-order valence-electron chi connectivity index (χ0n) is 10.3. The van der Waals surface area contributed by atoms with Gasteiger partial charge in [-0.25, -0.2) is 12.8 Å². The molecule has 1 aromatic carbocycles. The third-order valence-corrected chi connectivity index (χ3v) is 3.86. The zero-order valence-corrected chi connectivity index (χ0v) is 11.1. The van der Waals surface area contributed by atoms with Crippen LogP contribution in [-0.2, 0) is 14.8 Å². The second kappa shape index (κ2) is 5.64. The number of carbonyl (C=O) groups is 1. The van der Waals surface area contributed by atoms with E-state index in [0.29, 0.717) is 5.56 Å². The van der Waals surface area contributed by atoms with Crippen molar-refractivity contribution in [2.24, 2.45) is 0 Å². The van der Waals surface area contributed by atoms with Crippen molar-refractivity contribution in [3.63, 3.8) is 0 Å². The fourth-order valence-electron chi connectivity index (χ4n) is 1.40. The summed E-state index contributed by atoms with van der Waals surface area (Å²) >= 11 is 0. The molecule has 0 bridgehead atoms. The highest BCUT2D eigenvalue weighted by Crippen LogP contribution is 2.16. The summed E-state index contributed by atoms with van der Waals surface area (Å²) in [6, 6.07) is 1.70. The van der Waals surface area contributed by atoms with Gasteiger partial charge in [0.15, 0.2) is 0 Å². The van der Waals surface area contributed by atoms with Crippen LogP contribution in [0.25, 0.3) is 0 Å². The highest BCUT2D eigenvalue weighted by Gasteiger charge is 2.30. The molecular formula is C11H14FNO5S. The number of rotatable bonds is 5. The number of carboxylic acids is 1. The summed E-state index contributed by atoms with van der Waals surface area (Å²) in [4.78, 5) is 10.2. The molecule has 0 aliphatic carbocycles. The molecule has 0 aliphatic rings. The smallest absolute Gasteiger partial charge is 0.324 e. The van der Waals surface area contributed by atoms with E-state index in [1.54, 1.807) is 11.6 Å². The van der Waals surface area contributed by atoms with Gasteiger partial charge in [-0.2, -0.15) is 4.72 Å². The van der Waals surface area contributed by atoms with E-state index in [4.69, 9.17) is 5.11 Å². The summed E-state index contributed by atoms with van der Waals surface area (Å²) < 4.78 is 39.0. The molecule has 0 saturated heterocycles. The first-order valence-corrected chi connectivity index (χ1v) is 6.83. The second-order valence-electron chi connectivity index (χ2n) is 4.11. The van der Waals surface area contributed by atoms with Crippen molar-refractivity contribution < 1.29 is 27.8 Å². The third-order valence-electron chi connectivity index (χ3n) is 2.41. The van der Waals surface area contributed by atoms with E-state index in [0.717, 1.165) is 19.1 Å². The van der Waals surface area contributed by atoms with Crippen LogP contribution in [-0.4, -0.2) is 36.7 Å². The number of aliphatic carboxylic acids is 1. The minimum absolute atomic E-state index is 0.505. The summed E-state index contributed by atoms with van der Waals surface area (Å²) in [5.41, 5.74) is 0.505. The van der Waals surface area contributed by atoms with Gasteiger partial charge in [-0.1, -0.05) is 6.07 Å². The number of aliphatic hydroxyl groups is 1. The van der Waals surface area contributed by atoms with E-state index in [-0.39, 0.29) is 0 Å². The minimum atomic E-state index is -4.37. The molecule has 0 spiro atoms. The van der Waals surface area contributed by atoms with E-state index < -0.39 is 38.9 Å². The van der Waals surface area contributed by atoms with Crippen molar-refractivity contribution in [2.75, 3.05) is 0 Å². The second-order valence-corrected chi connectivity index (χ2v) is 5.79. The fraction of sp³-hybridized carbons (Fsp3) is 0.364. The van der Waals surface area contributed by atoms with Crippen molar-refractivity contribution in [1.82, 2.24) is 4.72 Å². The first-order valence-electron chi connectivity index (χ1n) is 5.34. The zero-order chi connectivity index (χ0) is 14.8. The Hall–Kier alpha value is -1.51. The maximum absolute atomic E-state index is 13.5. The molecule has 2 atom stereocenters. The number of benzene rings is 1. The van der Waals surface area contributed by atoms with Gasteiger partial charge in [0.25, 0.3) is 0 Å². The van der Waals surface area contributed by atoms with Crippen molar-refractivity contribution in [1.29, 1.82) is 0 Å². The average Bonchev–Trinajstić information content (AvgIpc) is 2.28. The molecule has 1 rings (SSSR count). The molecule has 1 aromatic rings. The standard InChI is InChI=1S/C11H14FNO5S/c1-6-3-4-8(12)9(5-6)19(17,18)13-10(7(2)14)11(15)16/h3-5,7,10,13-14H,1-2H3,(H,15,16). The van der Waals surface area contributed by atoms with Crippen molar-refractivity contribution in [2.45, 2.75) is 30.9 Å². The number of halogens is 1. The van der Waals surface area contributed by atoms with Crippen LogP contribution in [0.5, 0.6) is 0 Å². The lowest BCUT2D eigenvalue weighted by Crippen LogP contribution is -2.47. The van der Waals surface area contributed by atoms with E-state index >= 15 is 0 Å². The van der Waals surface area contributed by atoms with Crippen LogP contribution in [0.2, 0.25) is 0 Å². The van der Waals surface area contributed by atoms with Gasteiger partial charge >= 0.3 is 5.97 Å². The first kappa shape index (κ1) is 15.5. The normalized spacial score (nSPS) is 14.9. The van der Waals surface area contributed by atoms with E-state index in [2.05, 4.69) is 0 Å². The summed E-state index contributed by atoms with van der Waals surface area (Å²) in [6.07, 6.45) is -1.46. The molecule has 19 heavy (non-hydrogen) atoms. The topological polar surface area (TPSA) is 104 Å². The van der Waals surface area contributed by atoms with Gasteiger partial charge in [0.05, 0.1) is 6.10 Å². The van der Waals surface area contributed by atoms with E-state index in [1.165, 1.54) is 6.07 Å². The summed E-state index contributed by atoms with van der Waals surface area (Å²) in [6.45, 7) is 2.69. The largest absolute Gasteiger partial charge is 0.480 e. The highest BCUT2D eigenvalue weighted by molar-refractivity contribution is 7.89. The number of sulfonamides is 1. The van der Waals surface area contributed by atoms with Crippen molar-refractivity contribution in [3.8, 4) is 0 Å². The van der Waals surface area contributed by atoms with E-state index in [9.17, 15) is 22.7 Å². The summed E-state index contributed by atoms with van der Waals surface area (Å²) in [7, 11) is -4.37. The maximum Gasteiger partial charge on any atom is 0.324 e. The third kappa shape index (κ3) is 3.72. The molecule has 3 N–H and O–H groups in total. The summed E-state index contributed by atoms with van der Waals surface area (Å²) in [5.74, 6) is -2.54.